The van der Waals surface area contributed by atoms with Crippen LogP contribution in [-0.2, 0) is 11.2 Å². The molecular formula is C15H17ClO2. The molecule has 0 bridgehead atoms. The lowest BCUT2D eigenvalue weighted by Gasteiger charge is -2.25. The third-order valence-corrected chi connectivity index (χ3v) is 3.71. The van der Waals surface area contributed by atoms with E-state index in [0.29, 0.717) is 5.92 Å². The summed E-state index contributed by atoms with van der Waals surface area (Å²) in [5, 5.41) is 9.64. The summed E-state index contributed by atoms with van der Waals surface area (Å²) in [4.78, 5) is 10.8. The van der Waals surface area contributed by atoms with E-state index in [-0.39, 0.29) is 0 Å². The molecule has 1 aliphatic rings. The van der Waals surface area contributed by atoms with Crippen molar-refractivity contribution in [3.05, 3.63) is 46.5 Å². The standard InChI is InChI=1S/C15H17ClO2/c16-14-7-3-4-11(9-14)8-12-5-1-2-6-13(12)10-15(17)18/h3-4,7,9-10,12H,1-2,5-6,8H2,(H,17,18)/b13-10+. The molecule has 0 saturated heterocycles. The largest absolute Gasteiger partial charge is 0.478 e. The number of hydrogen-bond donors (Lipinski definition) is 1. The van der Waals surface area contributed by atoms with E-state index in [9.17, 15) is 4.79 Å². The first kappa shape index (κ1) is 13.2. The minimum Gasteiger partial charge on any atom is -0.478 e. The van der Waals surface area contributed by atoms with Crippen LogP contribution < -0.4 is 0 Å². The fraction of sp³-hybridized carbons (Fsp3) is 0.400. The molecule has 1 unspecified atom stereocenters. The van der Waals surface area contributed by atoms with Gasteiger partial charge in [-0.2, -0.15) is 0 Å². The van der Waals surface area contributed by atoms with Crippen LogP contribution in [0, 0.1) is 5.92 Å². The summed E-state index contributed by atoms with van der Waals surface area (Å²) < 4.78 is 0. The van der Waals surface area contributed by atoms with Gasteiger partial charge in [0.25, 0.3) is 0 Å². The number of allylic oxidation sites excluding steroid dienone is 1. The Morgan fingerprint density at radius 3 is 3.00 bits per heavy atom. The maximum absolute atomic E-state index is 10.8. The molecular weight excluding hydrogens is 248 g/mol. The Bertz CT molecular complexity index is 465. The minimum absolute atomic E-state index is 0.355. The summed E-state index contributed by atoms with van der Waals surface area (Å²) in [5.41, 5.74) is 2.26. The Hall–Kier alpha value is -1.28. The normalized spacial score (nSPS) is 22.1. The van der Waals surface area contributed by atoms with E-state index in [1.807, 2.05) is 18.2 Å². The monoisotopic (exact) mass is 264 g/mol. The molecule has 0 radical (unpaired) electrons. The van der Waals surface area contributed by atoms with Gasteiger partial charge in [0.1, 0.15) is 0 Å². The molecule has 1 aromatic rings. The molecule has 2 nitrogen and oxygen atoms in total. The van der Waals surface area contributed by atoms with Gasteiger partial charge in [-0.1, -0.05) is 35.7 Å². The highest BCUT2D eigenvalue weighted by Gasteiger charge is 2.20. The molecule has 0 aromatic heterocycles. The van der Waals surface area contributed by atoms with Gasteiger partial charge in [0, 0.05) is 11.1 Å². The van der Waals surface area contributed by atoms with Gasteiger partial charge in [-0.05, 0) is 49.3 Å². The number of carboxylic acids is 1. The Morgan fingerprint density at radius 1 is 1.44 bits per heavy atom. The van der Waals surface area contributed by atoms with Gasteiger partial charge in [0.15, 0.2) is 0 Å². The van der Waals surface area contributed by atoms with Crippen molar-refractivity contribution in [1.29, 1.82) is 0 Å². The third kappa shape index (κ3) is 3.61. The molecule has 96 valence electrons. The molecule has 1 aliphatic carbocycles. The van der Waals surface area contributed by atoms with Gasteiger partial charge in [-0.3, -0.25) is 0 Å². The summed E-state index contributed by atoms with van der Waals surface area (Å²) in [7, 11) is 0. The second kappa shape index (κ2) is 6.05. The van der Waals surface area contributed by atoms with E-state index >= 15 is 0 Å². The number of carbonyl (C=O) groups is 1. The minimum atomic E-state index is -0.831. The molecule has 1 atom stereocenters. The second-order valence-corrected chi connectivity index (χ2v) is 5.27. The van der Waals surface area contributed by atoms with Crippen molar-refractivity contribution in [3.8, 4) is 0 Å². The highest BCUT2D eigenvalue weighted by molar-refractivity contribution is 6.30. The van der Waals surface area contributed by atoms with Crippen LogP contribution in [0.3, 0.4) is 0 Å². The van der Waals surface area contributed by atoms with Crippen LogP contribution in [0.25, 0.3) is 0 Å². The molecule has 18 heavy (non-hydrogen) atoms. The van der Waals surface area contributed by atoms with E-state index in [1.54, 1.807) is 0 Å². The Labute approximate surface area is 112 Å². The van der Waals surface area contributed by atoms with E-state index in [0.717, 1.165) is 36.3 Å². The average Bonchev–Trinajstić information content (AvgIpc) is 2.31. The van der Waals surface area contributed by atoms with Crippen molar-refractivity contribution in [2.24, 2.45) is 5.92 Å². The molecule has 1 saturated carbocycles. The number of carboxylic acid groups (broad SMARTS) is 1. The number of halogens is 1. The van der Waals surface area contributed by atoms with Crippen molar-refractivity contribution in [1.82, 2.24) is 0 Å². The molecule has 3 heteroatoms. The Balaban J connectivity index is 2.13. The topological polar surface area (TPSA) is 37.3 Å². The molecule has 0 spiro atoms. The predicted octanol–water partition coefficient (Wildman–Crippen LogP) is 4.08. The zero-order valence-corrected chi connectivity index (χ0v) is 11.0. The molecule has 0 amide bonds. The molecule has 0 heterocycles. The van der Waals surface area contributed by atoms with Crippen molar-refractivity contribution in [2.45, 2.75) is 32.1 Å². The summed E-state index contributed by atoms with van der Waals surface area (Å²) in [5.74, 6) is -0.476. The van der Waals surface area contributed by atoms with E-state index < -0.39 is 5.97 Å². The summed E-state index contributed by atoms with van der Waals surface area (Å²) in [6.45, 7) is 0. The SMILES string of the molecule is O=C(O)/C=C1\CCCCC1Cc1cccc(Cl)c1. The first-order chi connectivity index (χ1) is 8.65. The van der Waals surface area contributed by atoms with E-state index in [1.165, 1.54) is 18.1 Å². The summed E-state index contributed by atoms with van der Waals surface area (Å²) >= 11 is 5.97. The number of benzene rings is 1. The fourth-order valence-electron chi connectivity index (χ4n) is 2.64. The smallest absolute Gasteiger partial charge is 0.328 e. The van der Waals surface area contributed by atoms with Crippen LogP contribution in [0.1, 0.15) is 31.2 Å². The molecule has 1 fully saturated rings. The zero-order chi connectivity index (χ0) is 13.0. The first-order valence-electron chi connectivity index (χ1n) is 6.33. The highest BCUT2D eigenvalue weighted by Crippen LogP contribution is 2.32. The van der Waals surface area contributed by atoms with Crippen molar-refractivity contribution in [2.75, 3.05) is 0 Å². The lowest BCUT2D eigenvalue weighted by molar-refractivity contribution is -0.131. The molecule has 2 rings (SSSR count). The lowest BCUT2D eigenvalue weighted by atomic mass is 9.80. The van der Waals surface area contributed by atoms with Gasteiger partial charge in [0.05, 0.1) is 0 Å². The van der Waals surface area contributed by atoms with E-state index in [2.05, 4.69) is 6.07 Å². The fourth-order valence-corrected chi connectivity index (χ4v) is 2.85. The van der Waals surface area contributed by atoms with Crippen LogP contribution in [0.15, 0.2) is 35.9 Å². The number of aliphatic carboxylic acids is 1. The molecule has 1 N–H and O–H groups in total. The van der Waals surface area contributed by atoms with Gasteiger partial charge in [-0.15, -0.1) is 0 Å². The van der Waals surface area contributed by atoms with Crippen LogP contribution in [-0.4, -0.2) is 11.1 Å². The maximum Gasteiger partial charge on any atom is 0.328 e. The van der Waals surface area contributed by atoms with Gasteiger partial charge >= 0.3 is 5.97 Å². The van der Waals surface area contributed by atoms with Crippen LogP contribution >= 0.6 is 11.6 Å². The molecule has 0 aliphatic heterocycles. The van der Waals surface area contributed by atoms with E-state index in [4.69, 9.17) is 16.7 Å². The highest BCUT2D eigenvalue weighted by atomic mass is 35.5. The summed E-state index contributed by atoms with van der Waals surface area (Å²) in [6, 6.07) is 7.83. The van der Waals surface area contributed by atoms with Gasteiger partial charge < -0.3 is 5.11 Å². The molecule has 1 aromatic carbocycles. The van der Waals surface area contributed by atoms with Crippen LogP contribution in [0.2, 0.25) is 5.02 Å². The Morgan fingerprint density at radius 2 is 2.28 bits per heavy atom. The van der Waals surface area contributed by atoms with Crippen molar-refractivity contribution in [3.63, 3.8) is 0 Å². The number of hydrogen-bond acceptors (Lipinski definition) is 1. The van der Waals surface area contributed by atoms with Crippen molar-refractivity contribution >= 4 is 17.6 Å². The predicted molar refractivity (Wildman–Crippen MR) is 72.8 cm³/mol. The van der Waals surface area contributed by atoms with Crippen molar-refractivity contribution < 1.29 is 9.90 Å². The van der Waals surface area contributed by atoms with Gasteiger partial charge in [-0.25, -0.2) is 4.79 Å². The second-order valence-electron chi connectivity index (χ2n) is 4.83. The van der Waals surface area contributed by atoms with Crippen LogP contribution in [0.4, 0.5) is 0 Å². The first-order valence-corrected chi connectivity index (χ1v) is 6.71. The lowest BCUT2D eigenvalue weighted by Crippen LogP contribution is -2.14. The Kier molecular flexibility index (Phi) is 4.43. The zero-order valence-electron chi connectivity index (χ0n) is 10.2. The number of rotatable bonds is 3. The quantitative estimate of drug-likeness (QED) is 0.835. The van der Waals surface area contributed by atoms with Gasteiger partial charge in [0.2, 0.25) is 0 Å². The average molecular weight is 265 g/mol. The summed E-state index contributed by atoms with van der Waals surface area (Å²) in [6.07, 6.45) is 6.56. The third-order valence-electron chi connectivity index (χ3n) is 3.47. The maximum atomic E-state index is 10.8. The van der Waals surface area contributed by atoms with Crippen LogP contribution in [0.5, 0.6) is 0 Å².